The summed E-state index contributed by atoms with van der Waals surface area (Å²) in [5.41, 5.74) is 2.29. The largest absolute Gasteiger partial charge is 0.466 e. The van der Waals surface area contributed by atoms with E-state index in [4.69, 9.17) is 9.72 Å². The number of carbonyl (C=O) groups excluding carboxylic acids is 2. The van der Waals surface area contributed by atoms with Crippen molar-refractivity contribution in [2.24, 2.45) is 5.92 Å². The fourth-order valence-electron chi connectivity index (χ4n) is 4.51. The maximum atomic E-state index is 13.0. The summed E-state index contributed by atoms with van der Waals surface area (Å²) in [4.78, 5) is 31.7. The van der Waals surface area contributed by atoms with Crippen molar-refractivity contribution in [2.45, 2.75) is 89.1 Å². The Balaban J connectivity index is 1.62. The van der Waals surface area contributed by atoms with Crippen molar-refractivity contribution in [1.29, 1.82) is 0 Å². The second-order valence-corrected chi connectivity index (χ2v) is 9.65. The second-order valence-electron chi connectivity index (χ2n) is 8.34. The Kier molecular flexibility index (Phi) is 7.66. The molecule has 1 amide bonds. The van der Waals surface area contributed by atoms with Crippen LogP contribution in [0.15, 0.2) is 5.16 Å². The topological polar surface area (TPSA) is 64.4 Å². The Hall–Kier alpha value is -1.50. The van der Waals surface area contributed by atoms with E-state index in [2.05, 4.69) is 18.4 Å². The number of piperidine rings is 1. The van der Waals surface area contributed by atoms with E-state index in [0.29, 0.717) is 38.6 Å². The van der Waals surface area contributed by atoms with Crippen LogP contribution in [0.1, 0.15) is 76.2 Å². The van der Waals surface area contributed by atoms with E-state index < -0.39 is 0 Å². The molecular formula is C22H35N3O3S. The Morgan fingerprint density at radius 3 is 2.41 bits per heavy atom. The molecule has 1 aliphatic heterocycles. The summed E-state index contributed by atoms with van der Waals surface area (Å²) >= 11 is 1.58. The lowest BCUT2D eigenvalue weighted by Crippen LogP contribution is -2.43. The average molecular weight is 422 g/mol. The number of nitrogens with zero attached hydrogens (tertiary/aromatic N) is 3. The molecule has 162 valence electrons. The Bertz CT molecular complexity index is 719. The zero-order valence-electron chi connectivity index (χ0n) is 18.3. The molecule has 1 saturated carbocycles. The van der Waals surface area contributed by atoms with Crippen LogP contribution in [-0.4, -0.2) is 51.3 Å². The number of ether oxygens (including phenoxy) is 1. The molecule has 0 bridgehead atoms. The number of imidazole rings is 1. The average Bonchev–Trinajstić information content (AvgIpc) is 3.01. The molecule has 6 nitrogen and oxygen atoms in total. The summed E-state index contributed by atoms with van der Waals surface area (Å²) in [6.45, 7) is 9.69. The third-order valence-electron chi connectivity index (χ3n) is 6.35. The predicted molar refractivity (Wildman–Crippen MR) is 115 cm³/mol. The van der Waals surface area contributed by atoms with Crippen molar-refractivity contribution in [3.8, 4) is 0 Å². The monoisotopic (exact) mass is 421 g/mol. The van der Waals surface area contributed by atoms with Gasteiger partial charge >= 0.3 is 5.97 Å². The van der Waals surface area contributed by atoms with E-state index >= 15 is 0 Å². The van der Waals surface area contributed by atoms with Crippen LogP contribution in [0, 0.1) is 19.8 Å². The van der Waals surface area contributed by atoms with Crippen LogP contribution in [0.2, 0.25) is 0 Å². The predicted octanol–water partition coefficient (Wildman–Crippen LogP) is 4.29. The number of rotatable bonds is 6. The number of hydrogen-bond acceptors (Lipinski definition) is 5. The number of likely N-dealkylation sites (tertiary alicyclic amines) is 1. The molecule has 3 rings (SSSR count). The lowest BCUT2D eigenvalue weighted by atomic mass is 9.95. The van der Waals surface area contributed by atoms with Crippen molar-refractivity contribution in [3.05, 3.63) is 11.4 Å². The third kappa shape index (κ3) is 5.16. The van der Waals surface area contributed by atoms with Gasteiger partial charge in [0, 0.05) is 24.8 Å². The lowest BCUT2D eigenvalue weighted by Gasteiger charge is -2.32. The highest BCUT2D eigenvalue weighted by molar-refractivity contribution is 8.00. The van der Waals surface area contributed by atoms with Crippen LogP contribution in [0.4, 0.5) is 0 Å². The van der Waals surface area contributed by atoms with Gasteiger partial charge in [-0.3, -0.25) is 9.59 Å². The van der Waals surface area contributed by atoms with Gasteiger partial charge in [-0.1, -0.05) is 31.0 Å². The van der Waals surface area contributed by atoms with Gasteiger partial charge in [-0.25, -0.2) is 4.98 Å². The normalized spacial score (nSPS) is 19.9. The molecule has 7 heteroatoms. The molecule has 0 radical (unpaired) electrons. The van der Waals surface area contributed by atoms with E-state index in [1.54, 1.807) is 11.8 Å². The van der Waals surface area contributed by atoms with E-state index in [9.17, 15) is 9.59 Å². The second kappa shape index (κ2) is 10.0. The molecule has 2 aliphatic rings. The molecule has 1 atom stereocenters. The molecule has 0 N–H and O–H groups in total. The van der Waals surface area contributed by atoms with Crippen LogP contribution >= 0.6 is 11.8 Å². The lowest BCUT2D eigenvalue weighted by molar-refractivity contribution is -0.151. The standard InChI is InChI=1S/C22H35N3O3S/c1-5-28-21(27)18-11-13-24(14-12-18)20(26)17(4)29-22-23-15(2)16(3)25(22)19-9-7-6-8-10-19/h17-19H,5-14H2,1-4H3. The molecule has 0 aromatic carbocycles. The first-order chi connectivity index (χ1) is 13.9. The number of thioether (sulfide) groups is 1. The summed E-state index contributed by atoms with van der Waals surface area (Å²) < 4.78 is 7.52. The fourth-order valence-corrected chi connectivity index (χ4v) is 5.67. The van der Waals surface area contributed by atoms with Crippen LogP contribution in [-0.2, 0) is 14.3 Å². The SMILES string of the molecule is CCOC(=O)C1CCN(C(=O)C(C)Sc2nc(C)c(C)n2C2CCCCC2)CC1. The number of carbonyl (C=O) groups is 2. The molecule has 1 unspecified atom stereocenters. The molecule has 1 aromatic heterocycles. The van der Waals surface area contributed by atoms with Gasteiger partial charge in [-0.05, 0) is 53.4 Å². The minimum absolute atomic E-state index is 0.0718. The summed E-state index contributed by atoms with van der Waals surface area (Å²) in [5.74, 6) is -0.0502. The first kappa shape index (κ1) is 22.2. The molecule has 29 heavy (non-hydrogen) atoms. The van der Waals surface area contributed by atoms with Gasteiger partial charge in [0.2, 0.25) is 5.91 Å². The Labute approximate surface area is 178 Å². The summed E-state index contributed by atoms with van der Waals surface area (Å²) in [6, 6.07) is 0.509. The summed E-state index contributed by atoms with van der Waals surface area (Å²) in [6.07, 6.45) is 7.66. The van der Waals surface area contributed by atoms with E-state index in [0.717, 1.165) is 10.9 Å². The fraction of sp³-hybridized carbons (Fsp3) is 0.773. The number of hydrogen-bond donors (Lipinski definition) is 0. The summed E-state index contributed by atoms with van der Waals surface area (Å²) in [5, 5.41) is 0.798. The van der Waals surface area contributed by atoms with Crippen LogP contribution in [0.25, 0.3) is 0 Å². The Morgan fingerprint density at radius 2 is 1.79 bits per heavy atom. The van der Waals surface area contributed by atoms with Gasteiger partial charge in [-0.2, -0.15) is 0 Å². The molecule has 1 aromatic rings. The van der Waals surface area contributed by atoms with Gasteiger partial charge < -0.3 is 14.2 Å². The molecule has 2 heterocycles. The summed E-state index contributed by atoms with van der Waals surface area (Å²) in [7, 11) is 0. The smallest absolute Gasteiger partial charge is 0.309 e. The first-order valence-corrected chi connectivity index (χ1v) is 12.0. The zero-order valence-corrected chi connectivity index (χ0v) is 19.1. The van der Waals surface area contributed by atoms with Crippen molar-refractivity contribution >= 4 is 23.6 Å². The van der Waals surface area contributed by atoms with Crippen molar-refractivity contribution < 1.29 is 14.3 Å². The van der Waals surface area contributed by atoms with Gasteiger partial charge in [0.1, 0.15) is 0 Å². The van der Waals surface area contributed by atoms with Gasteiger partial charge in [0.15, 0.2) is 5.16 Å². The zero-order chi connectivity index (χ0) is 21.0. The molecular weight excluding hydrogens is 386 g/mol. The molecule has 1 saturated heterocycles. The first-order valence-electron chi connectivity index (χ1n) is 11.1. The highest BCUT2D eigenvalue weighted by Gasteiger charge is 2.31. The van der Waals surface area contributed by atoms with Gasteiger partial charge in [0.05, 0.1) is 23.5 Å². The third-order valence-corrected chi connectivity index (χ3v) is 7.40. The molecule has 2 fully saturated rings. The maximum Gasteiger partial charge on any atom is 0.309 e. The maximum absolute atomic E-state index is 13.0. The Morgan fingerprint density at radius 1 is 1.14 bits per heavy atom. The minimum Gasteiger partial charge on any atom is -0.466 e. The van der Waals surface area contributed by atoms with Crippen molar-refractivity contribution in [3.63, 3.8) is 0 Å². The highest BCUT2D eigenvalue weighted by atomic mass is 32.2. The van der Waals surface area contributed by atoms with E-state index in [1.165, 1.54) is 37.8 Å². The molecule has 0 spiro atoms. The minimum atomic E-state index is -0.183. The highest BCUT2D eigenvalue weighted by Crippen LogP contribution is 2.36. The van der Waals surface area contributed by atoms with E-state index in [-0.39, 0.29) is 23.0 Å². The van der Waals surface area contributed by atoms with E-state index in [1.807, 2.05) is 18.7 Å². The van der Waals surface area contributed by atoms with Crippen LogP contribution in [0.3, 0.4) is 0 Å². The quantitative estimate of drug-likeness (QED) is 0.506. The number of aryl methyl sites for hydroxylation is 1. The van der Waals surface area contributed by atoms with Gasteiger partial charge in [0.25, 0.3) is 0 Å². The number of amides is 1. The van der Waals surface area contributed by atoms with Crippen molar-refractivity contribution in [2.75, 3.05) is 19.7 Å². The number of aromatic nitrogens is 2. The number of esters is 1. The van der Waals surface area contributed by atoms with Gasteiger partial charge in [-0.15, -0.1) is 0 Å². The van der Waals surface area contributed by atoms with Crippen LogP contribution in [0.5, 0.6) is 0 Å². The molecule has 1 aliphatic carbocycles. The van der Waals surface area contributed by atoms with Crippen molar-refractivity contribution in [1.82, 2.24) is 14.5 Å². The van der Waals surface area contributed by atoms with Crippen LogP contribution < -0.4 is 0 Å².